The highest BCUT2D eigenvalue weighted by Gasteiger charge is 2.42. The Labute approximate surface area is 180 Å². The Balaban J connectivity index is 0. The molecule has 3 atom stereocenters. The third-order valence-corrected chi connectivity index (χ3v) is 3.47. The normalized spacial score (nSPS) is 22.7. The molecule has 0 saturated heterocycles. The van der Waals surface area contributed by atoms with Crippen LogP contribution < -0.4 is 11.4 Å². The van der Waals surface area contributed by atoms with Crippen LogP contribution in [0.5, 0.6) is 0 Å². The molecule has 1 fully saturated rings. The summed E-state index contributed by atoms with van der Waals surface area (Å²) in [5.41, 5.74) is 4.45. The first-order valence-electron chi connectivity index (χ1n) is 7.81. The van der Waals surface area contributed by atoms with Crippen LogP contribution >= 0.6 is 23.5 Å². The summed E-state index contributed by atoms with van der Waals surface area (Å²) < 4.78 is 28.1. The number of aromatic nitrogens is 2. The van der Waals surface area contributed by atoms with Crippen LogP contribution in [0.1, 0.15) is 25.8 Å². The minimum Gasteiger partial charge on any atom is -0.391 e. The molecule has 1 heterocycles. The van der Waals surface area contributed by atoms with E-state index in [-0.39, 0.29) is 11.9 Å². The van der Waals surface area contributed by atoms with Crippen molar-refractivity contribution in [2.24, 2.45) is 5.41 Å². The van der Waals surface area contributed by atoms with E-state index in [2.05, 4.69) is 10.9 Å². The predicted molar refractivity (Wildman–Crippen MR) is 107 cm³/mol. The maximum atomic E-state index is 11.7. The number of hydrogen-bond acceptors (Lipinski definition) is 7. The summed E-state index contributed by atoms with van der Waals surface area (Å²) in [7, 11) is -13.9. The van der Waals surface area contributed by atoms with E-state index in [0.717, 1.165) is 0 Å². The monoisotopic (exact) mass is 527 g/mol. The molecule has 12 N–H and O–H groups in total. The number of hydrogen-bond donors (Lipinski definition) is 11. The Bertz CT molecular complexity index is 903. The van der Waals surface area contributed by atoms with Crippen molar-refractivity contribution in [1.82, 2.24) is 9.55 Å². The van der Waals surface area contributed by atoms with Crippen molar-refractivity contribution < 1.29 is 62.8 Å². The summed E-state index contributed by atoms with van der Waals surface area (Å²) in [5.74, 6) is 2.81. The van der Waals surface area contributed by atoms with Crippen LogP contribution in [-0.4, -0.2) is 64.8 Å². The quantitative estimate of drug-likeness (QED) is 0.131. The van der Waals surface area contributed by atoms with Gasteiger partial charge < -0.3 is 54.9 Å². The molecule has 20 heteroatoms. The van der Waals surface area contributed by atoms with E-state index in [1.165, 1.54) is 4.57 Å². The molecular weight excluding hydrogens is 503 g/mol. The third-order valence-electron chi connectivity index (χ3n) is 3.47. The van der Waals surface area contributed by atoms with Gasteiger partial charge in [0.15, 0.2) is 0 Å². The second-order valence-corrected chi connectivity index (χ2v) is 9.33. The van der Waals surface area contributed by atoms with Crippen molar-refractivity contribution in [1.29, 1.82) is 0 Å². The number of nitrogens with zero attached hydrogens (tertiary/aromatic N) is 2. The van der Waals surface area contributed by atoms with Crippen molar-refractivity contribution >= 4 is 29.3 Å². The molecule has 1 aromatic rings. The van der Waals surface area contributed by atoms with Crippen molar-refractivity contribution in [2.45, 2.75) is 31.9 Å². The average molecular weight is 527 g/mol. The second-order valence-electron chi connectivity index (χ2n) is 6.25. The van der Waals surface area contributed by atoms with Gasteiger partial charge in [-0.1, -0.05) is 5.92 Å². The van der Waals surface area contributed by atoms with Gasteiger partial charge in [-0.25, -0.2) is 18.5 Å². The number of phosphoric acid groups is 3. The van der Waals surface area contributed by atoms with E-state index in [1.54, 1.807) is 12.3 Å². The molecular formula is C12H24N3O14P3. The van der Waals surface area contributed by atoms with E-state index in [0.29, 0.717) is 12.8 Å². The molecule has 0 radical (unpaired) electrons. The van der Waals surface area contributed by atoms with Crippen LogP contribution in [0.15, 0.2) is 17.1 Å². The highest BCUT2D eigenvalue weighted by Crippen LogP contribution is 2.43. The molecule has 2 rings (SSSR count). The number of nitrogen functional groups attached to an aromatic ring is 1. The zero-order chi connectivity index (χ0) is 26.1. The molecule has 0 aliphatic heterocycles. The van der Waals surface area contributed by atoms with E-state index < -0.39 is 40.7 Å². The van der Waals surface area contributed by atoms with E-state index in [1.807, 2.05) is 6.92 Å². The lowest BCUT2D eigenvalue weighted by Gasteiger charge is -2.20. The van der Waals surface area contributed by atoms with Crippen molar-refractivity contribution in [3.8, 4) is 12.3 Å². The maximum Gasteiger partial charge on any atom is 0.466 e. The van der Waals surface area contributed by atoms with Gasteiger partial charge in [0.1, 0.15) is 5.82 Å². The SMILES string of the molecule is C#C[C@]1(C)C[C@@H](n2ccc(N)nc2=O)C[C@@H]1O.O=P(O)(O)O.O=P(O)(O)O.O=P(O)(O)O. The molecule has 1 aliphatic carbocycles. The van der Waals surface area contributed by atoms with Gasteiger partial charge >= 0.3 is 29.2 Å². The Morgan fingerprint density at radius 3 is 1.72 bits per heavy atom. The summed E-state index contributed by atoms with van der Waals surface area (Å²) in [4.78, 5) is 80.0. The molecule has 32 heavy (non-hydrogen) atoms. The minimum absolute atomic E-state index is 0.119. The molecule has 0 bridgehead atoms. The molecule has 0 spiro atoms. The summed E-state index contributed by atoms with van der Waals surface area (Å²) in [6.45, 7) is 1.83. The summed E-state index contributed by atoms with van der Waals surface area (Å²) in [5, 5.41) is 9.92. The summed E-state index contributed by atoms with van der Waals surface area (Å²) >= 11 is 0. The highest BCUT2D eigenvalue weighted by atomic mass is 31.2. The van der Waals surface area contributed by atoms with Gasteiger partial charge in [-0.3, -0.25) is 4.57 Å². The second kappa shape index (κ2) is 12.7. The predicted octanol–water partition coefficient (Wildman–Crippen LogP) is -2.62. The van der Waals surface area contributed by atoms with Crippen LogP contribution in [-0.2, 0) is 13.7 Å². The molecule has 1 saturated carbocycles. The lowest BCUT2D eigenvalue weighted by Crippen LogP contribution is -2.26. The van der Waals surface area contributed by atoms with Gasteiger partial charge in [0.2, 0.25) is 0 Å². The number of aliphatic hydroxyl groups is 1. The van der Waals surface area contributed by atoms with Crippen LogP contribution in [0.4, 0.5) is 5.82 Å². The Hall–Kier alpha value is -1.47. The van der Waals surface area contributed by atoms with Gasteiger partial charge in [-0.2, -0.15) is 4.98 Å². The topological polar surface area (TPSA) is 314 Å². The zero-order valence-corrected chi connectivity index (χ0v) is 18.9. The number of terminal acetylenes is 1. The molecule has 1 aliphatic rings. The Morgan fingerprint density at radius 2 is 1.44 bits per heavy atom. The Morgan fingerprint density at radius 1 is 1.06 bits per heavy atom. The van der Waals surface area contributed by atoms with Crippen LogP contribution in [0.3, 0.4) is 0 Å². The van der Waals surface area contributed by atoms with Crippen LogP contribution in [0.2, 0.25) is 0 Å². The van der Waals surface area contributed by atoms with Crippen LogP contribution in [0, 0.1) is 17.8 Å². The van der Waals surface area contributed by atoms with E-state index in [9.17, 15) is 9.90 Å². The maximum absolute atomic E-state index is 11.7. The van der Waals surface area contributed by atoms with Crippen molar-refractivity contribution in [3.05, 3.63) is 22.7 Å². The number of aliphatic hydroxyl groups excluding tert-OH is 1. The fourth-order valence-corrected chi connectivity index (χ4v) is 2.30. The molecule has 0 unspecified atom stereocenters. The molecule has 1 aromatic heterocycles. The van der Waals surface area contributed by atoms with Crippen LogP contribution in [0.25, 0.3) is 0 Å². The standard InChI is InChI=1S/C12H15N3O2.3H3O4P/c1-3-12(2)7-8(6-9(12)16)15-5-4-10(13)14-11(15)17;3*1-5(2,3)4/h1,4-5,8-9,16H,6-7H2,2H3,(H2,13,14,17);3*(H3,1,2,3,4)/t8-,9-,12+;;;/m0.../s1. The largest absolute Gasteiger partial charge is 0.466 e. The molecule has 0 amide bonds. The van der Waals surface area contributed by atoms with E-state index in [4.69, 9.17) is 69.9 Å². The fraction of sp³-hybridized carbons (Fsp3) is 0.500. The van der Waals surface area contributed by atoms with Gasteiger partial charge in [0.25, 0.3) is 0 Å². The summed E-state index contributed by atoms with van der Waals surface area (Å²) in [6, 6.07) is 1.45. The average Bonchev–Trinajstić information content (AvgIpc) is 2.78. The lowest BCUT2D eigenvalue weighted by molar-refractivity contribution is 0.104. The summed E-state index contributed by atoms with van der Waals surface area (Å²) in [6.07, 6.45) is 7.46. The smallest absolute Gasteiger partial charge is 0.391 e. The molecule has 0 aromatic carbocycles. The number of nitrogens with two attached hydrogens (primary N) is 1. The van der Waals surface area contributed by atoms with Crippen molar-refractivity contribution in [3.63, 3.8) is 0 Å². The van der Waals surface area contributed by atoms with E-state index >= 15 is 0 Å². The molecule has 17 nitrogen and oxygen atoms in total. The first-order valence-corrected chi connectivity index (χ1v) is 12.5. The van der Waals surface area contributed by atoms with Gasteiger partial charge in [0, 0.05) is 12.2 Å². The fourth-order valence-electron chi connectivity index (χ4n) is 2.30. The first-order chi connectivity index (χ1) is 14.0. The van der Waals surface area contributed by atoms with Gasteiger partial charge in [0.05, 0.1) is 11.5 Å². The zero-order valence-electron chi connectivity index (χ0n) is 16.2. The number of anilines is 1. The highest BCUT2D eigenvalue weighted by molar-refractivity contribution is 7.45. The lowest BCUT2D eigenvalue weighted by atomic mass is 9.88. The third kappa shape index (κ3) is 19.2. The van der Waals surface area contributed by atoms with Gasteiger partial charge in [-0.15, -0.1) is 6.42 Å². The number of rotatable bonds is 1. The first kappa shape index (κ1) is 32.7. The Kier molecular flexibility index (Phi) is 13.0. The minimum atomic E-state index is -4.64. The van der Waals surface area contributed by atoms with Crippen molar-refractivity contribution in [2.75, 3.05) is 5.73 Å². The molecule has 186 valence electrons. The van der Waals surface area contributed by atoms with Gasteiger partial charge in [-0.05, 0) is 25.8 Å².